The maximum Gasteiger partial charge on any atom is 0.0568 e. The minimum absolute atomic E-state index is 0.157. The highest BCUT2D eigenvalue weighted by molar-refractivity contribution is 6.35. The first kappa shape index (κ1) is 15.4. The second-order valence-electron chi connectivity index (χ2n) is 6.29. The van der Waals surface area contributed by atoms with Gasteiger partial charge in [0.1, 0.15) is 0 Å². The Morgan fingerprint density at radius 1 is 1.04 bits per heavy atom. The Labute approximate surface area is 151 Å². The zero-order valence-electron chi connectivity index (χ0n) is 12.6. The quantitative estimate of drug-likeness (QED) is 0.550. The molecule has 1 heterocycles. The molecule has 2 aromatic rings. The molecule has 0 saturated heterocycles. The molecule has 0 spiro atoms. The molecule has 4 heteroatoms. The topological polar surface area (TPSA) is 12.0 Å². The van der Waals surface area contributed by atoms with Gasteiger partial charge in [-0.05, 0) is 48.6 Å². The molecule has 2 aromatic carbocycles. The fraction of sp³-hybridized carbons (Fsp3) is 0.263. The number of rotatable bonds is 1. The number of allylic oxidation sites excluding steroid dienone is 2. The molecular weight excluding hydrogens is 349 g/mol. The van der Waals surface area contributed by atoms with Gasteiger partial charge in [-0.1, -0.05) is 59.1 Å². The Kier molecular flexibility index (Phi) is 3.84. The first-order chi connectivity index (χ1) is 11.1. The van der Waals surface area contributed by atoms with Crippen molar-refractivity contribution < 1.29 is 0 Å². The number of anilines is 1. The summed E-state index contributed by atoms with van der Waals surface area (Å²) in [6.07, 6.45) is 5.55. The van der Waals surface area contributed by atoms with Crippen LogP contribution in [0.25, 0.3) is 0 Å². The second-order valence-corrected chi connectivity index (χ2v) is 7.55. The van der Waals surface area contributed by atoms with Crippen LogP contribution >= 0.6 is 34.8 Å². The lowest BCUT2D eigenvalue weighted by Crippen LogP contribution is -2.30. The van der Waals surface area contributed by atoms with E-state index in [1.54, 1.807) is 0 Å². The van der Waals surface area contributed by atoms with E-state index in [0.717, 1.165) is 22.7 Å². The monoisotopic (exact) mass is 363 g/mol. The minimum atomic E-state index is 0.157. The number of fused-ring (bicyclic) bond motifs is 3. The van der Waals surface area contributed by atoms with Crippen molar-refractivity contribution in [1.29, 1.82) is 0 Å². The van der Waals surface area contributed by atoms with Crippen molar-refractivity contribution in [2.45, 2.75) is 25.3 Å². The average Bonchev–Trinajstić information content (AvgIpc) is 3.00. The van der Waals surface area contributed by atoms with Crippen LogP contribution < -0.4 is 5.32 Å². The predicted octanol–water partition coefficient (Wildman–Crippen LogP) is 6.78. The Morgan fingerprint density at radius 2 is 1.87 bits per heavy atom. The molecule has 0 fully saturated rings. The molecule has 0 aromatic heterocycles. The fourth-order valence-electron chi connectivity index (χ4n) is 3.87. The van der Waals surface area contributed by atoms with Gasteiger partial charge < -0.3 is 5.32 Å². The molecule has 1 aliphatic heterocycles. The maximum absolute atomic E-state index is 6.51. The SMILES string of the molecule is Cc1ccc(Cl)c2c1N[C@H](c1ccc(Cl)cc1Cl)[C@H]1CC=C[C@H]21. The summed E-state index contributed by atoms with van der Waals surface area (Å²) in [7, 11) is 0. The van der Waals surface area contributed by atoms with E-state index in [1.807, 2.05) is 24.3 Å². The van der Waals surface area contributed by atoms with E-state index < -0.39 is 0 Å². The third-order valence-electron chi connectivity index (χ3n) is 4.97. The van der Waals surface area contributed by atoms with Gasteiger partial charge in [-0.2, -0.15) is 0 Å². The molecule has 4 rings (SSSR count). The van der Waals surface area contributed by atoms with Crippen LogP contribution in [0.3, 0.4) is 0 Å². The Bertz CT molecular complexity index is 813. The van der Waals surface area contributed by atoms with Crippen molar-refractivity contribution in [3.8, 4) is 0 Å². The van der Waals surface area contributed by atoms with Crippen molar-refractivity contribution in [3.05, 3.63) is 74.2 Å². The first-order valence-corrected chi connectivity index (χ1v) is 8.87. The Morgan fingerprint density at radius 3 is 2.65 bits per heavy atom. The number of aryl methyl sites for hydroxylation is 1. The number of hydrogen-bond donors (Lipinski definition) is 1. The highest BCUT2D eigenvalue weighted by Crippen LogP contribution is 2.53. The normalized spacial score (nSPS) is 25.0. The minimum Gasteiger partial charge on any atom is -0.377 e. The third kappa shape index (κ3) is 2.46. The highest BCUT2D eigenvalue weighted by atomic mass is 35.5. The molecule has 0 saturated carbocycles. The van der Waals surface area contributed by atoms with E-state index in [1.165, 1.54) is 11.1 Å². The van der Waals surface area contributed by atoms with Crippen LogP contribution in [-0.2, 0) is 0 Å². The van der Waals surface area contributed by atoms with Crippen molar-refractivity contribution in [1.82, 2.24) is 0 Å². The maximum atomic E-state index is 6.51. The third-order valence-corrected chi connectivity index (χ3v) is 5.86. The van der Waals surface area contributed by atoms with Crippen LogP contribution in [0.15, 0.2) is 42.5 Å². The summed E-state index contributed by atoms with van der Waals surface area (Å²) in [5.41, 5.74) is 4.66. The molecule has 1 nitrogen and oxygen atoms in total. The van der Waals surface area contributed by atoms with Crippen molar-refractivity contribution in [2.24, 2.45) is 5.92 Å². The first-order valence-electron chi connectivity index (χ1n) is 7.73. The van der Waals surface area contributed by atoms with E-state index >= 15 is 0 Å². The molecule has 0 unspecified atom stereocenters. The summed E-state index contributed by atoms with van der Waals surface area (Å²) >= 11 is 19.0. The number of hydrogen-bond acceptors (Lipinski definition) is 1. The van der Waals surface area contributed by atoms with Gasteiger partial charge in [0.25, 0.3) is 0 Å². The molecule has 0 radical (unpaired) electrons. The summed E-state index contributed by atoms with van der Waals surface area (Å²) in [5.74, 6) is 0.746. The average molecular weight is 365 g/mol. The van der Waals surface area contributed by atoms with Gasteiger partial charge in [0.2, 0.25) is 0 Å². The number of halogens is 3. The Balaban J connectivity index is 1.86. The molecule has 1 aliphatic carbocycles. The summed E-state index contributed by atoms with van der Waals surface area (Å²) in [4.78, 5) is 0. The van der Waals surface area contributed by atoms with Crippen LogP contribution in [0.1, 0.15) is 35.1 Å². The van der Waals surface area contributed by atoms with E-state index in [0.29, 0.717) is 21.9 Å². The van der Waals surface area contributed by atoms with Gasteiger partial charge in [0.05, 0.1) is 6.04 Å². The molecular formula is C19H16Cl3N. The van der Waals surface area contributed by atoms with Gasteiger partial charge >= 0.3 is 0 Å². The molecule has 2 aliphatic rings. The zero-order chi connectivity index (χ0) is 16.1. The fourth-order valence-corrected chi connectivity index (χ4v) is 4.68. The van der Waals surface area contributed by atoms with E-state index in [4.69, 9.17) is 34.8 Å². The summed E-state index contributed by atoms with van der Waals surface area (Å²) < 4.78 is 0. The molecule has 1 N–H and O–H groups in total. The van der Waals surface area contributed by atoms with Gasteiger partial charge in [0.15, 0.2) is 0 Å². The second kappa shape index (κ2) is 5.73. The predicted molar refractivity (Wildman–Crippen MR) is 99.0 cm³/mol. The lowest BCUT2D eigenvalue weighted by Gasteiger charge is -2.39. The van der Waals surface area contributed by atoms with Gasteiger partial charge in [-0.25, -0.2) is 0 Å². The van der Waals surface area contributed by atoms with Crippen LogP contribution in [0.2, 0.25) is 15.1 Å². The van der Waals surface area contributed by atoms with E-state index in [-0.39, 0.29) is 6.04 Å². The van der Waals surface area contributed by atoms with Gasteiger partial charge in [-0.3, -0.25) is 0 Å². The summed E-state index contributed by atoms with van der Waals surface area (Å²) in [6, 6.07) is 9.97. The molecule has 3 atom stereocenters. The van der Waals surface area contributed by atoms with Crippen molar-refractivity contribution >= 4 is 40.5 Å². The number of benzene rings is 2. The van der Waals surface area contributed by atoms with Gasteiger partial charge in [0, 0.05) is 32.2 Å². The molecule has 0 bridgehead atoms. The zero-order valence-corrected chi connectivity index (χ0v) is 14.9. The summed E-state index contributed by atoms with van der Waals surface area (Å²) in [5, 5.41) is 5.91. The van der Waals surface area contributed by atoms with Crippen LogP contribution in [0.4, 0.5) is 5.69 Å². The lowest BCUT2D eigenvalue weighted by atomic mass is 9.76. The summed E-state index contributed by atoms with van der Waals surface area (Å²) in [6.45, 7) is 2.11. The number of nitrogens with one attached hydrogen (secondary N) is 1. The highest BCUT2D eigenvalue weighted by Gasteiger charge is 2.40. The largest absolute Gasteiger partial charge is 0.377 e. The molecule has 118 valence electrons. The van der Waals surface area contributed by atoms with Crippen LogP contribution in [0, 0.1) is 12.8 Å². The molecule has 0 amide bonds. The van der Waals surface area contributed by atoms with Crippen LogP contribution in [0.5, 0.6) is 0 Å². The van der Waals surface area contributed by atoms with E-state index in [2.05, 4.69) is 30.5 Å². The standard InChI is InChI=1S/C19H16Cl3N/c1-10-5-8-15(21)17-12-3-2-4-13(12)19(23-18(10)17)14-7-6-11(20)9-16(14)22/h2-3,5-9,12-13,19,23H,4H2,1H3/t12-,13-,19-/m0/s1. The van der Waals surface area contributed by atoms with Gasteiger partial charge in [-0.15, -0.1) is 0 Å². The lowest BCUT2D eigenvalue weighted by molar-refractivity contribution is 0.425. The van der Waals surface area contributed by atoms with Crippen molar-refractivity contribution in [2.75, 3.05) is 5.32 Å². The Hall–Kier alpha value is -1.15. The van der Waals surface area contributed by atoms with Crippen LogP contribution in [-0.4, -0.2) is 0 Å². The van der Waals surface area contributed by atoms with E-state index in [9.17, 15) is 0 Å². The molecule has 23 heavy (non-hydrogen) atoms. The van der Waals surface area contributed by atoms with Crippen molar-refractivity contribution in [3.63, 3.8) is 0 Å². The smallest absolute Gasteiger partial charge is 0.0568 e.